The zero-order valence-electron chi connectivity index (χ0n) is 16.7. The maximum Gasteiger partial charge on any atom is 0.0655 e. The van der Waals surface area contributed by atoms with Crippen molar-refractivity contribution in [3.8, 4) is 6.07 Å². The SMILES string of the molecule is CCCCCCCCCC1CCC2C(CCC3CC(C#N)CCC32)C1. The molecule has 0 amide bonds. The fourth-order valence-corrected chi connectivity index (χ4v) is 6.66. The molecule has 0 aromatic heterocycles. The van der Waals surface area contributed by atoms with Crippen LogP contribution in [0.3, 0.4) is 0 Å². The zero-order valence-corrected chi connectivity index (χ0v) is 16.7. The summed E-state index contributed by atoms with van der Waals surface area (Å²) >= 11 is 0. The number of hydrogen-bond acceptors (Lipinski definition) is 1. The van der Waals surface area contributed by atoms with Crippen LogP contribution in [0.5, 0.6) is 0 Å². The van der Waals surface area contributed by atoms with Crippen molar-refractivity contribution in [3.63, 3.8) is 0 Å². The molecule has 0 saturated heterocycles. The smallest absolute Gasteiger partial charge is 0.0655 e. The molecule has 0 aromatic rings. The van der Waals surface area contributed by atoms with Gasteiger partial charge in [0.05, 0.1) is 6.07 Å². The summed E-state index contributed by atoms with van der Waals surface area (Å²) in [6.07, 6.45) is 23.0. The average molecular weight is 344 g/mol. The molecule has 6 atom stereocenters. The van der Waals surface area contributed by atoms with Gasteiger partial charge in [0.15, 0.2) is 0 Å². The molecule has 3 aliphatic carbocycles. The Morgan fingerprint density at radius 1 is 0.720 bits per heavy atom. The Hall–Kier alpha value is -0.510. The van der Waals surface area contributed by atoms with Crippen molar-refractivity contribution >= 4 is 0 Å². The molecule has 6 unspecified atom stereocenters. The van der Waals surface area contributed by atoms with E-state index in [0.29, 0.717) is 5.92 Å². The van der Waals surface area contributed by atoms with E-state index in [9.17, 15) is 5.26 Å². The van der Waals surface area contributed by atoms with Crippen molar-refractivity contribution in [3.05, 3.63) is 0 Å². The molecule has 142 valence electrons. The second-order valence-electron chi connectivity index (χ2n) is 9.65. The Morgan fingerprint density at radius 3 is 2.08 bits per heavy atom. The molecule has 3 fully saturated rings. The van der Waals surface area contributed by atoms with E-state index in [1.807, 2.05) is 0 Å². The minimum Gasteiger partial charge on any atom is -0.198 e. The van der Waals surface area contributed by atoms with Gasteiger partial charge < -0.3 is 0 Å². The molecule has 3 aliphatic rings. The van der Waals surface area contributed by atoms with E-state index in [-0.39, 0.29) is 0 Å². The van der Waals surface area contributed by atoms with Gasteiger partial charge in [-0.1, -0.05) is 64.7 Å². The van der Waals surface area contributed by atoms with Crippen LogP contribution >= 0.6 is 0 Å². The lowest BCUT2D eigenvalue weighted by Crippen LogP contribution is -2.41. The van der Waals surface area contributed by atoms with Crippen LogP contribution in [0.25, 0.3) is 0 Å². The number of nitrogens with zero attached hydrogens (tertiary/aromatic N) is 1. The first-order valence-electron chi connectivity index (χ1n) is 11.7. The van der Waals surface area contributed by atoms with Crippen LogP contribution in [0.2, 0.25) is 0 Å². The average Bonchev–Trinajstić information content (AvgIpc) is 2.66. The van der Waals surface area contributed by atoms with Gasteiger partial charge in [0.25, 0.3) is 0 Å². The van der Waals surface area contributed by atoms with E-state index < -0.39 is 0 Å². The summed E-state index contributed by atoms with van der Waals surface area (Å²) in [6, 6.07) is 2.56. The zero-order chi connectivity index (χ0) is 17.5. The first kappa shape index (κ1) is 19.3. The molecule has 0 aliphatic heterocycles. The highest BCUT2D eigenvalue weighted by Gasteiger charge is 2.44. The van der Waals surface area contributed by atoms with Gasteiger partial charge in [0.2, 0.25) is 0 Å². The molecule has 0 heterocycles. The van der Waals surface area contributed by atoms with Crippen molar-refractivity contribution in [1.29, 1.82) is 5.26 Å². The largest absolute Gasteiger partial charge is 0.198 e. The number of rotatable bonds is 8. The van der Waals surface area contributed by atoms with Crippen LogP contribution in [0.1, 0.15) is 110 Å². The lowest BCUT2D eigenvalue weighted by atomic mass is 9.55. The molecule has 1 heteroatoms. The fraction of sp³-hybridized carbons (Fsp3) is 0.958. The van der Waals surface area contributed by atoms with Crippen LogP contribution in [0.15, 0.2) is 0 Å². The third-order valence-electron chi connectivity index (χ3n) is 8.05. The van der Waals surface area contributed by atoms with E-state index in [0.717, 1.165) is 29.6 Å². The summed E-state index contributed by atoms with van der Waals surface area (Å²) in [5.41, 5.74) is 0. The van der Waals surface area contributed by atoms with Gasteiger partial charge in [-0.3, -0.25) is 0 Å². The summed E-state index contributed by atoms with van der Waals surface area (Å²) < 4.78 is 0. The third kappa shape index (κ3) is 5.24. The highest BCUT2D eigenvalue weighted by Crippen LogP contribution is 2.53. The van der Waals surface area contributed by atoms with E-state index in [4.69, 9.17) is 0 Å². The molecule has 0 N–H and O–H groups in total. The Kier molecular flexibility index (Phi) is 7.69. The van der Waals surface area contributed by atoms with E-state index in [1.165, 1.54) is 96.3 Å². The Labute approximate surface area is 157 Å². The van der Waals surface area contributed by atoms with E-state index in [2.05, 4.69) is 13.0 Å². The minimum absolute atomic E-state index is 0.381. The minimum atomic E-state index is 0.381. The lowest BCUT2D eigenvalue weighted by molar-refractivity contribution is 0.00278. The monoisotopic (exact) mass is 343 g/mol. The normalized spacial score (nSPS) is 37.8. The standard InChI is InChI=1S/C24H41N/c1-2-3-4-5-6-7-8-9-19-10-14-23-21(16-19)12-13-22-17-20(18-25)11-15-24(22)23/h19-24H,2-17H2,1H3. The van der Waals surface area contributed by atoms with Crippen molar-refractivity contribution in [2.75, 3.05) is 0 Å². The molecule has 3 rings (SSSR count). The van der Waals surface area contributed by atoms with Crippen molar-refractivity contribution in [1.82, 2.24) is 0 Å². The molecule has 0 aromatic carbocycles. The Bertz CT molecular complexity index is 422. The van der Waals surface area contributed by atoms with Crippen LogP contribution in [0.4, 0.5) is 0 Å². The molecule has 0 bridgehead atoms. The van der Waals surface area contributed by atoms with Gasteiger partial charge in [-0.05, 0) is 74.5 Å². The molecule has 1 nitrogen and oxygen atoms in total. The molecular formula is C24H41N. The highest BCUT2D eigenvalue weighted by molar-refractivity contribution is 4.98. The topological polar surface area (TPSA) is 23.8 Å². The van der Waals surface area contributed by atoms with Crippen LogP contribution in [-0.4, -0.2) is 0 Å². The van der Waals surface area contributed by atoms with Gasteiger partial charge in [-0.2, -0.15) is 5.26 Å². The second kappa shape index (κ2) is 9.99. The summed E-state index contributed by atoms with van der Waals surface area (Å²) in [5.74, 6) is 5.39. The third-order valence-corrected chi connectivity index (χ3v) is 8.05. The highest BCUT2D eigenvalue weighted by atomic mass is 14.5. The van der Waals surface area contributed by atoms with Crippen LogP contribution in [-0.2, 0) is 0 Å². The molecular weight excluding hydrogens is 302 g/mol. The number of nitriles is 1. The van der Waals surface area contributed by atoms with Gasteiger partial charge in [-0.25, -0.2) is 0 Å². The molecule has 25 heavy (non-hydrogen) atoms. The fourth-order valence-electron chi connectivity index (χ4n) is 6.66. The first-order chi connectivity index (χ1) is 12.3. The van der Waals surface area contributed by atoms with Crippen LogP contribution < -0.4 is 0 Å². The molecule has 0 spiro atoms. The van der Waals surface area contributed by atoms with Crippen LogP contribution in [0, 0.1) is 46.8 Å². The predicted molar refractivity (Wildman–Crippen MR) is 106 cm³/mol. The summed E-state index contributed by atoms with van der Waals surface area (Å²) in [7, 11) is 0. The molecule has 3 saturated carbocycles. The summed E-state index contributed by atoms with van der Waals surface area (Å²) in [5, 5.41) is 9.26. The Morgan fingerprint density at radius 2 is 1.36 bits per heavy atom. The quantitative estimate of drug-likeness (QED) is 0.418. The first-order valence-corrected chi connectivity index (χ1v) is 11.7. The van der Waals surface area contributed by atoms with Crippen molar-refractivity contribution < 1.29 is 0 Å². The van der Waals surface area contributed by atoms with E-state index in [1.54, 1.807) is 6.42 Å². The van der Waals surface area contributed by atoms with Crippen molar-refractivity contribution in [2.24, 2.45) is 35.5 Å². The molecule has 0 radical (unpaired) electrons. The second-order valence-corrected chi connectivity index (χ2v) is 9.65. The maximum atomic E-state index is 9.26. The van der Waals surface area contributed by atoms with Gasteiger partial charge in [0.1, 0.15) is 0 Å². The van der Waals surface area contributed by atoms with Gasteiger partial charge >= 0.3 is 0 Å². The number of unbranched alkanes of at least 4 members (excludes halogenated alkanes) is 6. The van der Waals surface area contributed by atoms with Gasteiger partial charge in [-0.15, -0.1) is 0 Å². The van der Waals surface area contributed by atoms with E-state index >= 15 is 0 Å². The predicted octanol–water partition coefficient (Wildman–Crippen LogP) is 7.51. The summed E-state index contributed by atoms with van der Waals surface area (Å²) in [6.45, 7) is 2.30. The lowest BCUT2D eigenvalue weighted by Gasteiger charge is -2.50. The Balaban J connectivity index is 1.35. The maximum absolute atomic E-state index is 9.26. The summed E-state index contributed by atoms with van der Waals surface area (Å²) in [4.78, 5) is 0. The number of hydrogen-bond donors (Lipinski definition) is 0. The number of fused-ring (bicyclic) bond motifs is 3. The van der Waals surface area contributed by atoms with Crippen molar-refractivity contribution in [2.45, 2.75) is 110 Å². The van der Waals surface area contributed by atoms with Gasteiger partial charge in [0, 0.05) is 5.92 Å².